The lowest BCUT2D eigenvalue weighted by Gasteiger charge is -2.37. The third-order valence-corrected chi connectivity index (χ3v) is 17.8. The molecule has 2 aliphatic rings. The number of para-hydroxylation sites is 4. The molecule has 9 aromatic carbocycles. The average Bonchev–Trinajstić information content (AvgIpc) is 4.01. The lowest BCUT2D eigenvalue weighted by molar-refractivity contribution is 1.18. The van der Waals surface area contributed by atoms with Crippen LogP contribution in [0.25, 0.3) is 66.1 Å². The van der Waals surface area contributed by atoms with Crippen molar-refractivity contribution in [2.45, 2.75) is 0 Å². The van der Waals surface area contributed by atoms with E-state index >= 15 is 0 Å². The molecule has 288 valence electrons. The first kappa shape index (κ1) is 35.1. The molecule has 0 saturated heterocycles. The van der Waals surface area contributed by atoms with Crippen molar-refractivity contribution < 1.29 is 0 Å². The normalized spacial score (nSPS) is 14.1. The Bertz CT molecular complexity index is 3410. The summed E-state index contributed by atoms with van der Waals surface area (Å²) in [6.45, 7) is 0.164. The van der Waals surface area contributed by atoms with Crippen LogP contribution in [0.1, 0.15) is 11.1 Å². The first-order valence-electron chi connectivity index (χ1n) is 21.6. The minimum Gasteiger partial charge on any atom is -0.309 e. The van der Waals surface area contributed by atoms with Crippen LogP contribution in [0.4, 0.5) is 0 Å². The van der Waals surface area contributed by atoms with Crippen LogP contribution < -0.4 is 26.8 Å². The van der Waals surface area contributed by atoms with E-state index in [-0.39, 0.29) is 6.71 Å². The van der Waals surface area contributed by atoms with Crippen molar-refractivity contribution in [1.29, 1.82) is 0 Å². The van der Waals surface area contributed by atoms with Gasteiger partial charge in [0.2, 0.25) is 6.71 Å². The van der Waals surface area contributed by atoms with Gasteiger partial charge >= 0.3 is 0 Å². The summed E-state index contributed by atoms with van der Waals surface area (Å²) in [5.74, 6) is 0. The van der Waals surface area contributed by atoms with Crippen LogP contribution in [0.2, 0.25) is 0 Å². The van der Waals surface area contributed by atoms with Gasteiger partial charge in [-0.25, -0.2) is 0 Å². The smallest absolute Gasteiger partial charge is 0.240 e. The Morgan fingerprint density at radius 1 is 0.323 bits per heavy atom. The lowest BCUT2D eigenvalue weighted by Crippen LogP contribution is -2.77. The molecule has 11 aromatic rings. The van der Waals surface area contributed by atoms with Crippen molar-refractivity contribution >= 4 is 96.3 Å². The van der Waals surface area contributed by atoms with E-state index in [0.717, 1.165) is 0 Å². The number of hydrogen-bond acceptors (Lipinski definition) is 0. The van der Waals surface area contributed by atoms with Gasteiger partial charge in [0.05, 0.1) is 22.1 Å². The van der Waals surface area contributed by atoms with E-state index in [9.17, 15) is 0 Å². The predicted molar refractivity (Wildman–Crippen MR) is 267 cm³/mol. The second-order valence-electron chi connectivity index (χ2n) is 16.8. The van der Waals surface area contributed by atoms with E-state index in [1.165, 1.54) is 104 Å². The van der Waals surface area contributed by atoms with Gasteiger partial charge in [-0.05, 0) is 82.9 Å². The highest BCUT2D eigenvalue weighted by molar-refractivity contribution is 7.20. The summed E-state index contributed by atoms with van der Waals surface area (Å²) in [6, 6.07) is 83.4. The fraction of sp³-hybridized carbons (Fsp3) is 0. The Morgan fingerprint density at radius 3 is 1.19 bits per heavy atom. The third-order valence-electron chi connectivity index (χ3n) is 13.6. The van der Waals surface area contributed by atoms with Crippen molar-refractivity contribution in [3.05, 3.63) is 247 Å². The maximum absolute atomic E-state index is 2.73. The lowest BCUT2D eigenvalue weighted by atomic mass is 9.36. The zero-order valence-electron chi connectivity index (χ0n) is 34.0. The van der Waals surface area contributed by atoms with E-state index in [1.807, 2.05) is 0 Å². The Balaban J connectivity index is 1.09. The van der Waals surface area contributed by atoms with Gasteiger partial charge in [-0.1, -0.05) is 202 Å². The largest absolute Gasteiger partial charge is 0.309 e. The summed E-state index contributed by atoms with van der Waals surface area (Å²) in [6.07, 6.45) is 0. The first-order valence-corrected chi connectivity index (χ1v) is 23.8. The number of hydrogen-bond donors (Lipinski definition) is 0. The summed E-state index contributed by atoms with van der Waals surface area (Å²) < 4.78 is 4.83. The SMILES string of the molecule is C1=C(c2ccc3c(c2)c2ccccc2n3-c2ccccc2)C(c2ccc3c(c2)c2ccccc2n3-c2ccccc2)=C[Si]12c1ccccc1B(c1ccccc1)c1ccccc12. The number of allylic oxidation sites excluding steroid dienone is 2. The van der Waals surface area contributed by atoms with Gasteiger partial charge in [0.1, 0.15) is 0 Å². The summed E-state index contributed by atoms with van der Waals surface area (Å²) >= 11 is 0. The molecule has 1 spiro atoms. The highest BCUT2D eigenvalue weighted by atomic mass is 28.3. The van der Waals surface area contributed by atoms with Gasteiger partial charge < -0.3 is 9.13 Å². The molecule has 2 nitrogen and oxygen atoms in total. The average molecular weight is 803 g/mol. The molecule has 0 aliphatic carbocycles. The van der Waals surface area contributed by atoms with Gasteiger partial charge in [-0.3, -0.25) is 0 Å². The molecule has 4 heteroatoms. The summed E-state index contributed by atoms with van der Waals surface area (Å²) in [4.78, 5) is 0. The standard InChI is InChI=1S/C58H39BN2Si/c1-4-18-42(19-5-1)59-51-26-12-16-30-57(51)62(58-31-17-13-27-52(58)59)38-49(40-32-34-55-47(36-40)45-24-10-14-28-53(45)60(55)43-20-6-2-7-21-43)50(39-62)41-33-35-56-48(37-41)46-25-11-15-29-54(46)61(56)44-22-8-3-9-23-44/h1-39H. The van der Waals surface area contributed by atoms with Crippen LogP contribution in [0, 0.1) is 0 Å². The molecule has 0 atom stereocenters. The fourth-order valence-corrected chi connectivity index (χ4v) is 15.7. The number of fused-ring (bicyclic) bond motifs is 10. The van der Waals surface area contributed by atoms with Gasteiger partial charge in [0.25, 0.3) is 0 Å². The Hall–Kier alpha value is -7.66. The minimum atomic E-state index is -2.70. The number of benzene rings is 9. The highest BCUT2D eigenvalue weighted by Crippen LogP contribution is 2.44. The molecule has 0 radical (unpaired) electrons. The van der Waals surface area contributed by atoms with Gasteiger partial charge in [-0.2, -0.15) is 0 Å². The predicted octanol–water partition coefficient (Wildman–Crippen LogP) is 10.5. The topological polar surface area (TPSA) is 9.86 Å². The molecule has 0 bridgehead atoms. The molecule has 0 saturated carbocycles. The second-order valence-corrected chi connectivity index (χ2v) is 20.2. The van der Waals surface area contributed by atoms with Crippen molar-refractivity contribution in [2.75, 3.05) is 0 Å². The quantitative estimate of drug-likeness (QED) is 0.153. The van der Waals surface area contributed by atoms with Gasteiger partial charge in [0, 0.05) is 32.9 Å². The van der Waals surface area contributed by atoms with Crippen LogP contribution in [0.3, 0.4) is 0 Å². The number of nitrogens with zero attached hydrogens (tertiary/aromatic N) is 2. The van der Waals surface area contributed by atoms with Crippen LogP contribution in [0.15, 0.2) is 236 Å². The summed E-state index contributed by atoms with van der Waals surface area (Å²) in [5.41, 5.74) is 22.0. The Kier molecular flexibility index (Phi) is 7.75. The summed E-state index contributed by atoms with van der Waals surface area (Å²) in [5, 5.41) is 8.00. The first-order chi connectivity index (χ1) is 30.7. The van der Waals surface area contributed by atoms with E-state index in [2.05, 4.69) is 245 Å². The van der Waals surface area contributed by atoms with Crippen LogP contribution >= 0.6 is 0 Å². The molecular formula is C58H39BN2Si. The van der Waals surface area contributed by atoms with Gasteiger partial charge in [-0.15, -0.1) is 0 Å². The monoisotopic (exact) mass is 802 g/mol. The third kappa shape index (κ3) is 5.11. The molecule has 0 unspecified atom stereocenters. The molecule has 62 heavy (non-hydrogen) atoms. The fourth-order valence-electron chi connectivity index (χ4n) is 11.0. The van der Waals surface area contributed by atoms with E-state index in [1.54, 1.807) is 0 Å². The van der Waals surface area contributed by atoms with E-state index in [4.69, 9.17) is 0 Å². The van der Waals surface area contributed by atoms with Crippen molar-refractivity contribution in [2.24, 2.45) is 0 Å². The molecule has 0 amide bonds. The van der Waals surface area contributed by atoms with Crippen LogP contribution in [-0.4, -0.2) is 23.9 Å². The maximum atomic E-state index is 2.73. The van der Waals surface area contributed by atoms with Crippen LogP contribution in [-0.2, 0) is 0 Å². The molecular weight excluding hydrogens is 764 g/mol. The van der Waals surface area contributed by atoms with Crippen molar-refractivity contribution in [3.8, 4) is 11.4 Å². The molecule has 4 heterocycles. The molecule has 2 aromatic heterocycles. The van der Waals surface area contributed by atoms with E-state index in [0.29, 0.717) is 0 Å². The zero-order valence-corrected chi connectivity index (χ0v) is 35.0. The van der Waals surface area contributed by atoms with Gasteiger partial charge in [0.15, 0.2) is 8.07 Å². The molecule has 0 fully saturated rings. The number of aromatic nitrogens is 2. The zero-order chi connectivity index (χ0) is 40.8. The Morgan fingerprint density at radius 2 is 0.710 bits per heavy atom. The second kappa shape index (κ2) is 13.7. The Labute approximate surface area is 362 Å². The number of rotatable bonds is 5. The van der Waals surface area contributed by atoms with E-state index < -0.39 is 8.07 Å². The maximum Gasteiger partial charge on any atom is 0.240 e. The molecule has 2 aliphatic heterocycles. The summed E-state index contributed by atoms with van der Waals surface area (Å²) in [7, 11) is -2.70. The molecule has 0 N–H and O–H groups in total. The van der Waals surface area contributed by atoms with Crippen molar-refractivity contribution in [1.82, 2.24) is 9.13 Å². The van der Waals surface area contributed by atoms with Crippen molar-refractivity contribution in [3.63, 3.8) is 0 Å². The minimum absolute atomic E-state index is 0.164. The molecule has 13 rings (SSSR count). The highest BCUT2D eigenvalue weighted by Gasteiger charge is 2.48. The van der Waals surface area contributed by atoms with Crippen LogP contribution in [0.5, 0.6) is 0 Å².